The van der Waals surface area contributed by atoms with E-state index in [1.807, 2.05) is 25.1 Å². The number of rotatable bonds is 5. The van der Waals surface area contributed by atoms with Gasteiger partial charge in [0, 0.05) is 4.47 Å². The molecule has 5 heteroatoms. The van der Waals surface area contributed by atoms with Crippen molar-refractivity contribution in [3.8, 4) is 5.75 Å². The number of hydrogen-bond acceptors (Lipinski definition) is 3. The number of halogens is 1. The van der Waals surface area contributed by atoms with Crippen LogP contribution in [0.2, 0.25) is 0 Å². The maximum atomic E-state index is 11.4. The van der Waals surface area contributed by atoms with Crippen LogP contribution in [0.4, 0.5) is 0 Å². The number of aryl methyl sites for hydroxylation is 1. The van der Waals surface area contributed by atoms with Gasteiger partial charge in [-0.15, -0.1) is 0 Å². The average Bonchev–Trinajstić information content (AvgIpc) is 2.31. The molecule has 1 aromatic rings. The predicted molar refractivity (Wildman–Crippen MR) is 68.8 cm³/mol. The number of benzene rings is 1. The average molecular weight is 302 g/mol. The Labute approximate surface area is 109 Å². The third kappa shape index (κ3) is 4.02. The van der Waals surface area contributed by atoms with Crippen LogP contribution in [0, 0.1) is 0 Å². The van der Waals surface area contributed by atoms with Crippen LogP contribution in [0.5, 0.6) is 5.75 Å². The normalized spacial score (nSPS) is 12.0. The molecule has 17 heavy (non-hydrogen) atoms. The lowest BCUT2D eigenvalue weighted by Crippen LogP contribution is -2.35. The molecule has 0 aliphatic carbocycles. The van der Waals surface area contributed by atoms with Crippen LogP contribution < -0.4 is 10.2 Å². The molecule has 1 atom stereocenters. The van der Waals surface area contributed by atoms with Crippen molar-refractivity contribution in [2.24, 2.45) is 0 Å². The van der Waals surface area contributed by atoms with E-state index in [0.717, 1.165) is 22.2 Å². The van der Waals surface area contributed by atoms with Gasteiger partial charge in [-0.1, -0.05) is 22.9 Å². The smallest absolute Gasteiger partial charge is 0.284 e. The standard InChI is InChI=1S/C12H16BrNO3/c1-4-9-7-10(13)5-6-11(9)17-8(2)12(15)14-16-3/h5-8H,4H2,1-3H3,(H,14,15)/t8-/m0/s1. The van der Waals surface area contributed by atoms with E-state index in [0.29, 0.717) is 0 Å². The first-order chi connectivity index (χ1) is 8.08. The van der Waals surface area contributed by atoms with Crippen LogP contribution in [0.3, 0.4) is 0 Å². The molecule has 0 saturated carbocycles. The van der Waals surface area contributed by atoms with E-state index in [1.165, 1.54) is 7.11 Å². The Morgan fingerprint density at radius 1 is 1.53 bits per heavy atom. The van der Waals surface area contributed by atoms with E-state index in [9.17, 15) is 4.79 Å². The fourth-order valence-corrected chi connectivity index (χ4v) is 1.78. The van der Waals surface area contributed by atoms with Gasteiger partial charge >= 0.3 is 0 Å². The Kier molecular flexibility index (Phi) is 5.44. The first kappa shape index (κ1) is 14.0. The third-order valence-electron chi connectivity index (χ3n) is 2.28. The van der Waals surface area contributed by atoms with E-state index < -0.39 is 6.10 Å². The molecular formula is C12H16BrNO3. The highest BCUT2D eigenvalue weighted by Crippen LogP contribution is 2.24. The molecule has 1 rings (SSSR count). The van der Waals surface area contributed by atoms with Gasteiger partial charge in [-0.2, -0.15) is 0 Å². The minimum atomic E-state index is -0.596. The Bertz CT molecular complexity index is 395. The zero-order valence-corrected chi connectivity index (χ0v) is 11.7. The molecule has 0 radical (unpaired) electrons. The van der Waals surface area contributed by atoms with Crippen molar-refractivity contribution in [3.05, 3.63) is 28.2 Å². The van der Waals surface area contributed by atoms with Gasteiger partial charge < -0.3 is 4.74 Å². The molecule has 0 heterocycles. The van der Waals surface area contributed by atoms with Gasteiger partial charge in [-0.05, 0) is 37.1 Å². The van der Waals surface area contributed by atoms with Gasteiger partial charge in [-0.3, -0.25) is 9.63 Å². The number of carbonyl (C=O) groups excluding carboxylic acids is 1. The second-order valence-electron chi connectivity index (χ2n) is 3.54. The molecule has 0 saturated heterocycles. The van der Waals surface area contributed by atoms with Gasteiger partial charge in [0.2, 0.25) is 0 Å². The van der Waals surface area contributed by atoms with Crippen LogP contribution in [0.1, 0.15) is 19.4 Å². The molecule has 0 aliphatic heterocycles. The number of ether oxygens (including phenoxy) is 1. The minimum Gasteiger partial charge on any atom is -0.481 e. The molecule has 0 spiro atoms. The van der Waals surface area contributed by atoms with E-state index >= 15 is 0 Å². The molecule has 4 nitrogen and oxygen atoms in total. The molecule has 0 unspecified atom stereocenters. The Balaban J connectivity index is 2.77. The van der Waals surface area contributed by atoms with Crippen molar-refractivity contribution in [1.29, 1.82) is 0 Å². The summed E-state index contributed by atoms with van der Waals surface area (Å²) in [6.45, 7) is 3.71. The molecule has 94 valence electrons. The van der Waals surface area contributed by atoms with Gasteiger partial charge in [0.25, 0.3) is 5.91 Å². The fourth-order valence-electron chi connectivity index (χ4n) is 1.37. The fraction of sp³-hybridized carbons (Fsp3) is 0.417. The first-order valence-electron chi connectivity index (χ1n) is 5.36. The van der Waals surface area contributed by atoms with E-state index in [-0.39, 0.29) is 5.91 Å². The summed E-state index contributed by atoms with van der Waals surface area (Å²) in [4.78, 5) is 16.0. The minimum absolute atomic E-state index is 0.308. The van der Waals surface area contributed by atoms with Crippen molar-refractivity contribution in [2.75, 3.05) is 7.11 Å². The summed E-state index contributed by atoms with van der Waals surface area (Å²) in [5, 5.41) is 0. The summed E-state index contributed by atoms with van der Waals surface area (Å²) in [5.41, 5.74) is 3.29. The largest absolute Gasteiger partial charge is 0.481 e. The van der Waals surface area contributed by atoms with Crippen LogP contribution in [0.25, 0.3) is 0 Å². The lowest BCUT2D eigenvalue weighted by Gasteiger charge is -2.16. The molecule has 0 fully saturated rings. The second-order valence-corrected chi connectivity index (χ2v) is 4.45. The summed E-state index contributed by atoms with van der Waals surface area (Å²) in [6, 6.07) is 5.71. The number of amides is 1. The Morgan fingerprint density at radius 3 is 2.82 bits per heavy atom. The van der Waals surface area contributed by atoms with Crippen LogP contribution >= 0.6 is 15.9 Å². The lowest BCUT2D eigenvalue weighted by molar-refractivity contribution is -0.137. The maximum Gasteiger partial charge on any atom is 0.284 e. The van der Waals surface area contributed by atoms with Crippen LogP contribution in [-0.2, 0) is 16.1 Å². The maximum absolute atomic E-state index is 11.4. The molecule has 0 aromatic heterocycles. The summed E-state index contributed by atoms with van der Waals surface area (Å²) in [6.07, 6.45) is 0.245. The quantitative estimate of drug-likeness (QED) is 0.850. The Hall–Kier alpha value is -1.07. The molecular weight excluding hydrogens is 286 g/mol. The second kappa shape index (κ2) is 6.61. The topological polar surface area (TPSA) is 47.6 Å². The number of hydrogen-bond donors (Lipinski definition) is 1. The molecule has 1 N–H and O–H groups in total. The van der Waals surface area contributed by atoms with Gasteiger partial charge in [0.1, 0.15) is 5.75 Å². The number of nitrogens with one attached hydrogen (secondary N) is 1. The molecule has 0 bridgehead atoms. The first-order valence-corrected chi connectivity index (χ1v) is 6.15. The van der Waals surface area contributed by atoms with Crippen molar-refractivity contribution in [2.45, 2.75) is 26.4 Å². The van der Waals surface area contributed by atoms with E-state index in [1.54, 1.807) is 6.92 Å². The highest BCUT2D eigenvalue weighted by Gasteiger charge is 2.15. The van der Waals surface area contributed by atoms with Gasteiger partial charge in [0.15, 0.2) is 6.10 Å². The van der Waals surface area contributed by atoms with Crippen molar-refractivity contribution in [1.82, 2.24) is 5.48 Å². The predicted octanol–water partition coefficient (Wildman–Crippen LogP) is 2.46. The summed E-state index contributed by atoms with van der Waals surface area (Å²) in [5.74, 6) is 0.409. The van der Waals surface area contributed by atoms with E-state index in [2.05, 4.69) is 26.2 Å². The Morgan fingerprint density at radius 2 is 2.24 bits per heavy atom. The van der Waals surface area contributed by atoms with Gasteiger partial charge in [0.05, 0.1) is 7.11 Å². The van der Waals surface area contributed by atoms with E-state index in [4.69, 9.17) is 4.74 Å². The highest BCUT2D eigenvalue weighted by atomic mass is 79.9. The van der Waals surface area contributed by atoms with Crippen molar-refractivity contribution in [3.63, 3.8) is 0 Å². The zero-order chi connectivity index (χ0) is 12.8. The number of carbonyl (C=O) groups is 1. The van der Waals surface area contributed by atoms with Gasteiger partial charge in [-0.25, -0.2) is 5.48 Å². The lowest BCUT2D eigenvalue weighted by atomic mass is 10.1. The highest BCUT2D eigenvalue weighted by molar-refractivity contribution is 9.10. The summed E-state index contributed by atoms with van der Waals surface area (Å²) in [7, 11) is 1.39. The monoisotopic (exact) mass is 301 g/mol. The molecule has 1 aromatic carbocycles. The SMILES string of the molecule is CCc1cc(Br)ccc1O[C@@H](C)C(=O)NOC. The van der Waals surface area contributed by atoms with Crippen LogP contribution in [-0.4, -0.2) is 19.1 Å². The zero-order valence-electron chi connectivity index (χ0n) is 10.1. The summed E-state index contributed by atoms with van der Waals surface area (Å²) >= 11 is 3.40. The molecule has 1 amide bonds. The van der Waals surface area contributed by atoms with Crippen molar-refractivity contribution < 1.29 is 14.4 Å². The van der Waals surface area contributed by atoms with Crippen LogP contribution in [0.15, 0.2) is 22.7 Å². The number of hydroxylamine groups is 1. The van der Waals surface area contributed by atoms with Crippen molar-refractivity contribution >= 4 is 21.8 Å². The molecule has 0 aliphatic rings. The summed E-state index contributed by atoms with van der Waals surface area (Å²) < 4.78 is 6.59. The third-order valence-corrected chi connectivity index (χ3v) is 2.77.